The normalized spacial score (nSPS) is 48.5. The first-order valence-electron chi connectivity index (χ1n) is 5.12. The third-order valence-corrected chi connectivity index (χ3v) is 3.44. The van der Waals surface area contributed by atoms with Crippen LogP contribution in [0.25, 0.3) is 0 Å². The van der Waals surface area contributed by atoms with Crippen LogP contribution in [0.2, 0.25) is 0 Å². The topological polar surface area (TPSA) is 29.5 Å². The van der Waals surface area contributed by atoms with E-state index in [0.717, 1.165) is 6.42 Å². The molecule has 0 radical (unpaired) electrons. The van der Waals surface area contributed by atoms with Gasteiger partial charge in [-0.1, -0.05) is 26.2 Å². The second kappa shape index (κ2) is 3.35. The van der Waals surface area contributed by atoms with Crippen LogP contribution in [0, 0.1) is 11.8 Å². The lowest BCUT2D eigenvalue weighted by molar-refractivity contribution is -0.107. The van der Waals surface area contributed by atoms with E-state index >= 15 is 0 Å². The molecule has 12 heavy (non-hydrogen) atoms. The highest BCUT2D eigenvalue weighted by Crippen LogP contribution is 2.39. The maximum absolute atomic E-state index is 9.50. The minimum Gasteiger partial charge on any atom is -0.368 e. The van der Waals surface area contributed by atoms with Crippen molar-refractivity contribution in [3.63, 3.8) is 0 Å². The van der Waals surface area contributed by atoms with Gasteiger partial charge in [0.1, 0.15) is 0 Å². The Morgan fingerprint density at radius 2 is 1.92 bits per heavy atom. The van der Waals surface area contributed by atoms with Crippen molar-refractivity contribution in [3.8, 4) is 0 Å². The summed E-state index contributed by atoms with van der Waals surface area (Å²) in [7, 11) is 0. The smallest absolute Gasteiger partial charge is 0.157 e. The average Bonchev–Trinajstić information content (AvgIpc) is 2.30. The van der Waals surface area contributed by atoms with Gasteiger partial charge in [0.05, 0.1) is 6.10 Å². The number of aliphatic hydroxyl groups excluding tert-OH is 1. The second-order valence-corrected chi connectivity index (χ2v) is 4.23. The van der Waals surface area contributed by atoms with Crippen LogP contribution in [0.3, 0.4) is 0 Å². The number of aliphatic hydroxyl groups is 1. The Kier molecular flexibility index (Phi) is 2.37. The lowest BCUT2D eigenvalue weighted by atomic mass is 9.88. The fourth-order valence-corrected chi connectivity index (χ4v) is 2.59. The summed E-state index contributed by atoms with van der Waals surface area (Å²) >= 11 is 0. The molecule has 2 fully saturated rings. The zero-order valence-electron chi connectivity index (χ0n) is 7.70. The van der Waals surface area contributed by atoms with Gasteiger partial charge in [0.2, 0.25) is 0 Å². The molecule has 1 saturated carbocycles. The van der Waals surface area contributed by atoms with Crippen LogP contribution in [0.4, 0.5) is 0 Å². The summed E-state index contributed by atoms with van der Waals surface area (Å²) in [6, 6.07) is 0. The molecule has 2 heteroatoms. The molecule has 0 aromatic heterocycles. The van der Waals surface area contributed by atoms with Crippen molar-refractivity contribution in [3.05, 3.63) is 0 Å². The van der Waals surface area contributed by atoms with Gasteiger partial charge in [-0.05, 0) is 18.8 Å². The molecule has 1 heterocycles. The van der Waals surface area contributed by atoms with Crippen molar-refractivity contribution in [1.29, 1.82) is 0 Å². The Labute approximate surface area is 73.9 Å². The summed E-state index contributed by atoms with van der Waals surface area (Å²) in [6.07, 6.45) is 6.23. The van der Waals surface area contributed by atoms with E-state index in [1.807, 2.05) is 0 Å². The van der Waals surface area contributed by atoms with Crippen molar-refractivity contribution in [2.45, 2.75) is 51.4 Å². The van der Waals surface area contributed by atoms with Gasteiger partial charge in [-0.3, -0.25) is 0 Å². The Balaban J connectivity index is 2.04. The average molecular weight is 170 g/mol. The maximum atomic E-state index is 9.50. The number of rotatable bonds is 0. The zero-order chi connectivity index (χ0) is 8.55. The van der Waals surface area contributed by atoms with Crippen molar-refractivity contribution in [1.82, 2.24) is 0 Å². The molecule has 0 amide bonds. The number of hydrogen-bond donors (Lipinski definition) is 1. The first kappa shape index (κ1) is 8.52. The molecule has 2 rings (SSSR count). The molecule has 4 atom stereocenters. The van der Waals surface area contributed by atoms with E-state index in [0.29, 0.717) is 17.9 Å². The van der Waals surface area contributed by atoms with Gasteiger partial charge >= 0.3 is 0 Å². The molecule has 1 N–H and O–H groups in total. The van der Waals surface area contributed by atoms with Gasteiger partial charge in [0.25, 0.3) is 0 Å². The van der Waals surface area contributed by atoms with Crippen LogP contribution in [-0.4, -0.2) is 17.5 Å². The van der Waals surface area contributed by atoms with Crippen LogP contribution in [0.5, 0.6) is 0 Å². The summed E-state index contributed by atoms with van der Waals surface area (Å²) in [4.78, 5) is 0. The highest BCUT2D eigenvalue weighted by atomic mass is 16.6. The van der Waals surface area contributed by atoms with Crippen LogP contribution >= 0.6 is 0 Å². The largest absolute Gasteiger partial charge is 0.368 e. The first-order valence-corrected chi connectivity index (χ1v) is 5.12. The molecule has 0 bridgehead atoms. The van der Waals surface area contributed by atoms with E-state index in [9.17, 15) is 5.11 Å². The van der Waals surface area contributed by atoms with Gasteiger partial charge in [0, 0.05) is 5.92 Å². The summed E-state index contributed by atoms with van der Waals surface area (Å²) in [5.41, 5.74) is 0. The molecule has 2 nitrogen and oxygen atoms in total. The summed E-state index contributed by atoms with van der Waals surface area (Å²) in [5, 5.41) is 9.50. The molecule has 70 valence electrons. The number of fused-ring (bicyclic) bond motifs is 1. The van der Waals surface area contributed by atoms with Gasteiger partial charge in [-0.15, -0.1) is 0 Å². The van der Waals surface area contributed by atoms with Crippen LogP contribution < -0.4 is 0 Å². The van der Waals surface area contributed by atoms with Crippen LogP contribution in [0.1, 0.15) is 39.0 Å². The quantitative estimate of drug-likeness (QED) is 0.602. The van der Waals surface area contributed by atoms with Gasteiger partial charge in [-0.2, -0.15) is 0 Å². The standard InChI is InChI=1S/C10H18O2/c1-7-8-5-3-2-4-6-9(8)12-10(7)11/h7-11H,2-6H2,1H3/t7?,8-,9-,10?/m1/s1. The van der Waals surface area contributed by atoms with E-state index in [1.54, 1.807) is 0 Å². The summed E-state index contributed by atoms with van der Waals surface area (Å²) in [5.74, 6) is 0.982. The fraction of sp³-hybridized carbons (Fsp3) is 1.00. The third kappa shape index (κ3) is 1.38. The molecule has 1 aliphatic carbocycles. The number of hydrogen-bond acceptors (Lipinski definition) is 2. The monoisotopic (exact) mass is 170 g/mol. The first-order chi connectivity index (χ1) is 5.79. The second-order valence-electron chi connectivity index (χ2n) is 4.23. The van der Waals surface area contributed by atoms with E-state index in [2.05, 4.69) is 6.92 Å². The van der Waals surface area contributed by atoms with Crippen LogP contribution in [-0.2, 0) is 4.74 Å². The number of ether oxygens (including phenoxy) is 1. The lowest BCUT2D eigenvalue weighted by Gasteiger charge is -2.16. The Morgan fingerprint density at radius 3 is 2.75 bits per heavy atom. The Bertz CT molecular complexity index is 158. The predicted molar refractivity (Wildman–Crippen MR) is 46.6 cm³/mol. The Morgan fingerprint density at radius 1 is 1.17 bits per heavy atom. The van der Waals surface area contributed by atoms with E-state index in [-0.39, 0.29) is 0 Å². The molecule has 1 aliphatic heterocycles. The predicted octanol–water partition coefficient (Wildman–Crippen LogP) is 1.92. The van der Waals surface area contributed by atoms with Gasteiger partial charge < -0.3 is 9.84 Å². The van der Waals surface area contributed by atoms with Crippen molar-refractivity contribution >= 4 is 0 Å². The lowest BCUT2D eigenvalue weighted by Crippen LogP contribution is -2.18. The van der Waals surface area contributed by atoms with Crippen LogP contribution in [0.15, 0.2) is 0 Å². The third-order valence-electron chi connectivity index (χ3n) is 3.44. The highest BCUT2D eigenvalue weighted by Gasteiger charge is 2.40. The van der Waals surface area contributed by atoms with E-state index < -0.39 is 6.29 Å². The maximum Gasteiger partial charge on any atom is 0.157 e. The SMILES string of the molecule is CC1C(O)O[C@@H]2CCCCC[C@H]12. The molecule has 0 aromatic rings. The van der Waals surface area contributed by atoms with E-state index in [1.165, 1.54) is 25.7 Å². The fourth-order valence-electron chi connectivity index (χ4n) is 2.59. The molecule has 0 aromatic carbocycles. The minimum absolute atomic E-state index is 0.355. The zero-order valence-corrected chi connectivity index (χ0v) is 7.70. The molecule has 1 saturated heterocycles. The molecular formula is C10H18O2. The van der Waals surface area contributed by atoms with E-state index in [4.69, 9.17) is 4.74 Å². The van der Waals surface area contributed by atoms with Gasteiger partial charge in [-0.25, -0.2) is 0 Å². The van der Waals surface area contributed by atoms with Crippen molar-refractivity contribution in [2.24, 2.45) is 11.8 Å². The molecule has 0 spiro atoms. The molecule has 2 aliphatic rings. The molecule has 2 unspecified atom stereocenters. The highest BCUT2D eigenvalue weighted by molar-refractivity contribution is 4.85. The van der Waals surface area contributed by atoms with Crippen molar-refractivity contribution in [2.75, 3.05) is 0 Å². The minimum atomic E-state index is -0.488. The Hall–Kier alpha value is -0.0800. The van der Waals surface area contributed by atoms with Crippen molar-refractivity contribution < 1.29 is 9.84 Å². The summed E-state index contributed by atoms with van der Waals surface area (Å²) < 4.78 is 5.51. The summed E-state index contributed by atoms with van der Waals surface area (Å²) in [6.45, 7) is 2.11. The van der Waals surface area contributed by atoms with Gasteiger partial charge in [0.15, 0.2) is 6.29 Å². The molecular weight excluding hydrogens is 152 g/mol.